The lowest BCUT2D eigenvalue weighted by molar-refractivity contribution is -0.135. The Kier molecular flexibility index (Phi) is 7.25. The number of benzene rings is 2. The van der Waals surface area contributed by atoms with Crippen molar-refractivity contribution in [2.24, 2.45) is 0 Å². The maximum absolute atomic E-state index is 13.1. The number of amides is 1. The number of carbonyl (C=O) groups excluding carboxylic acids is 1. The largest absolute Gasteiger partial charge is 0.493 e. The molecule has 1 amide bonds. The number of nitrogens with zero attached hydrogens (tertiary/aromatic N) is 1. The monoisotopic (exact) mass is 371 g/mol. The van der Waals surface area contributed by atoms with Gasteiger partial charge >= 0.3 is 0 Å². The highest BCUT2D eigenvalue weighted by Crippen LogP contribution is 2.33. The molecule has 5 nitrogen and oxygen atoms in total. The van der Waals surface area contributed by atoms with Crippen LogP contribution < -0.4 is 9.47 Å². The molecule has 5 heteroatoms. The fraction of sp³-hybridized carbons (Fsp3) is 0.409. The van der Waals surface area contributed by atoms with Gasteiger partial charge in [0, 0.05) is 7.05 Å². The molecule has 0 unspecified atom stereocenters. The normalized spacial score (nSPS) is 14.1. The number of ether oxygens (including phenoxy) is 2. The molecule has 0 saturated carbocycles. The standard InChI is InChI=1S/C22H29NO4/c1-6-18(17-12-13-19(26-4)20(14-17)27-5)22(25)23(3)15(2)21(24)16-10-8-7-9-11-16/h7-15,18,21,24H,6H2,1-5H3/t15-,18-,21+/m0/s1. The van der Waals surface area contributed by atoms with Gasteiger partial charge in [-0.05, 0) is 36.6 Å². The van der Waals surface area contributed by atoms with Crippen molar-refractivity contribution in [3.05, 3.63) is 59.7 Å². The summed E-state index contributed by atoms with van der Waals surface area (Å²) in [6.07, 6.45) is -0.102. The van der Waals surface area contributed by atoms with Crippen LogP contribution in [0.4, 0.5) is 0 Å². The first-order valence-electron chi connectivity index (χ1n) is 9.16. The second kappa shape index (κ2) is 9.42. The summed E-state index contributed by atoms with van der Waals surface area (Å²) < 4.78 is 10.6. The minimum Gasteiger partial charge on any atom is -0.493 e. The number of aliphatic hydroxyl groups excluding tert-OH is 1. The van der Waals surface area contributed by atoms with Gasteiger partial charge < -0.3 is 19.5 Å². The van der Waals surface area contributed by atoms with Crippen LogP contribution in [-0.4, -0.2) is 43.2 Å². The maximum atomic E-state index is 13.1. The second-order valence-electron chi connectivity index (χ2n) is 6.62. The third kappa shape index (κ3) is 4.61. The topological polar surface area (TPSA) is 59.0 Å². The third-order valence-corrected chi connectivity index (χ3v) is 5.07. The highest BCUT2D eigenvalue weighted by Gasteiger charge is 2.29. The Morgan fingerprint density at radius 2 is 1.67 bits per heavy atom. The zero-order chi connectivity index (χ0) is 20.0. The van der Waals surface area contributed by atoms with Crippen LogP contribution in [0, 0.1) is 0 Å². The van der Waals surface area contributed by atoms with E-state index < -0.39 is 6.10 Å². The zero-order valence-electron chi connectivity index (χ0n) is 16.7. The highest BCUT2D eigenvalue weighted by atomic mass is 16.5. The zero-order valence-corrected chi connectivity index (χ0v) is 16.7. The summed E-state index contributed by atoms with van der Waals surface area (Å²) in [4.78, 5) is 14.8. The Morgan fingerprint density at radius 1 is 1.04 bits per heavy atom. The Bertz CT molecular complexity index is 747. The van der Waals surface area contributed by atoms with E-state index in [1.165, 1.54) is 0 Å². The molecule has 0 aliphatic heterocycles. The van der Waals surface area contributed by atoms with Gasteiger partial charge in [-0.3, -0.25) is 4.79 Å². The van der Waals surface area contributed by atoms with Crippen molar-refractivity contribution < 1.29 is 19.4 Å². The van der Waals surface area contributed by atoms with Gasteiger partial charge in [-0.1, -0.05) is 43.3 Å². The van der Waals surface area contributed by atoms with Gasteiger partial charge in [-0.2, -0.15) is 0 Å². The minimum atomic E-state index is -0.747. The van der Waals surface area contributed by atoms with Crippen LogP contribution in [0.2, 0.25) is 0 Å². The third-order valence-electron chi connectivity index (χ3n) is 5.07. The first-order chi connectivity index (χ1) is 12.9. The van der Waals surface area contributed by atoms with E-state index in [4.69, 9.17) is 9.47 Å². The van der Waals surface area contributed by atoms with Crippen molar-refractivity contribution in [3.8, 4) is 11.5 Å². The quantitative estimate of drug-likeness (QED) is 0.767. The lowest BCUT2D eigenvalue weighted by Gasteiger charge is -2.32. The van der Waals surface area contributed by atoms with E-state index in [2.05, 4.69) is 0 Å². The van der Waals surface area contributed by atoms with Crippen LogP contribution in [0.5, 0.6) is 11.5 Å². The van der Waals surface area contributed by atoms with Gasteiger partial charge in [0.15, 0.2) is 11.5 Å². The van der Waals surface area contributed by atoms with E-state index in [1.54, 1.807) is 26.2 Å². The van der Waals surface area contributed by atoms with Crippen LogP contribution in [0.25, 0.3) is 0 Å². The Labute approximate surface area is 161 Å². The van der Waals surface area contributed by atoms with Gasteiger partial charge in [0.25, 0.3) is 0 Å². The Morgan fingerprint density at radius 3 is 2.22 bits per heavy atom. The molecule has 0 aliphatic rings. The van der Waals surface area contributed by atoms with Crippen molar-refractivity contribution in [3.63, 3.8) is 0 Å². The number of rotatable bonds is 8. The van der Waals surface area contributed by atoms with Crippen molar-refractivity contribution in [2.45, 2.75) is 38.3 Å². The van der Waals surface area contributed by atoms with Crippen molar-refractivity contribution in [1.82, 2.24) is 4.90 Å². The molecule has 0 heterocycles. The summed E-state index contributed by atoms with van der Waals surface area (Å²) >= 11 is 0. The SMILES string of the molecule is CC[C@H](C(=O)N(C)[C@@H](C)[C@@H](O)c1ccccc1)c1ccc(OC)c(OC)c1. The molecule has 0 radical (unpaired) electrons. The number of methoxy groups -OCH3 is 2. The van der Waals surface area contributed by atoms with Crippen LogP contribution in [0.15, 0.2) is 48.5 Å². The molecule has 3 atom stereocenters. The van der Waals surface area contributed by atoms with Crippen molar-refractivity contribution >= 4 is 5.91 Å². The molecule has 0 bridgehead atoms. The molecular formula is C22H29NO4. The molecule has 0 saturated heterocycles. The molecule has 146 valence electrons. The van der Waals surface area contributed by atoms with E-state index in [0.29, 0.717) is 17.9 Å². The van der Waals surface area contributed by atoms with Gasteiger partial charge in [0.1, 0.15) is 0 Å². The van der Waals surface area contributed by atoms with Crippen molar-refractivity contribution in [2.75, 3.05) is 21.3 Å². The fourth-order valence-electron chi connectivity index (χ4n) is 3.21. The highest BCUT2D eigenvalue weighted by molar-refractivity contribution is 5.84. The van der Waals surface area contributed by atoms with E-state index in [-0.39, 0.29) is 17.9 Å². The molecule has 2 aromatic rings. The molecule has 1 N–H and O–H groups in total. The average Bonchev–Trinajstić information content (AvgIpc) is 2.72. The molecule has 2 rings (SSSR count). The number of aliphatic hydroxyl groups is 1. The van der Waals surface area contributed by atoms with Crippen LogP contribution in [0.1, 0.15) is 43.4 Å². The van der Waals surface area contributed by atoms with Gasteiger partial charge in [0.2, 0.25) is 5.91 Å². The fourth-order valence-corrected chi connectivity index (χ4v) is 3.21. The van der Waals surface area contributed by atoms with Gasteiger partial charge in [-0.15, -0.1) is 0 Å². The molecule has 27 heavy (non-hydrogen) atoms. The molecule has 2 aromatic carbocycles. The molecule has 0 aliphatic carbocycles. The first kappa shape index (κ1) is 20.8. The summed E-state index contributed by atoms with van der Waals surface area (Å²) in [6.45, 7) is 3.84. The lowest BCUT2D eigenvalue weighted by atomic mass is 9.93. The van der Waals surface area contributed by atoms with Crippen LogP contribution >= 0.6 is 0 Å². The average molecular weight is 371 g/mol. The van der Waals surface area contributed by atoms with Crippen LogP contribution in [-0.2, 0) is 4.79 Å². The number of likely N-dealkylation sites (N-methyl/N-ethyl adjacent to an activating group) is 1. The van der Waals surface area contributed by atoms with Crippen molar-refractivity contribution in [1.29, 1.82) is 0 Å². The second-order valence-corrected chi connectivity index (χ2v) is 6.62. The Balaban J connectivity index is 2.22. The maximum Gasteiger partial charge on any atom is 0.230 e. The Hall–Kier alpha value is -2.53. The van der Waals surface area contributed by atoms with E-state index >= 15 is 0 Å². The minimum absolute atomic E-state index is 0.0350. The summed E-state index contributed by atoms with van der Waals surface area (Å²) in [5.41, 5.74) is 1.66. The van der Waals surface area contributed by atoms with E-state index in [0.717, 1.165) is 11.1 Å². The van der Waals surface area contributed by atoms with E-state index in [9.17, 15) is 9.90 Å². The van der Waals surface area contributed by atoms with E-state index in [1.807, 2.05) is 62.4 Å². The number of hydrogen-bond acceptors (Lipinski definition) is 4. The summed E-state index contributed by atoms with van der Waals surface area (Å²) in [6, 6.07) is 14.6. The summed E-state index contributed by atoms with van der Waals surface area (Å²) in [5, 5.41) is 10.7. The first-order valence-corrected chi connectivity index (χ1v) is 9.16. The van der Waals surface area contributed by atoms with Gasteiger partial charge in [-0.25, -0.2) is 0 Å². The van der Waals surface area contributed by atoms with Gasteiger partial charge in [0.05, 0.1) is 32.3 Å². The molecule has 0 spiro atoms. The number of carbonyl (C=O) groups is 1. The predicted molar refractivity (Wildman–Crippen MR) is 106 cm³/mol. The number of hydrogen-bond donors (Lipinski definition) is 1. The predicted octanol–water partition coefficient (Wildman–Crippen LogP) is 3.78. The van der Waals surface area contributed by atoms with Crippen LogP contribution in [0.3, 0.4) is 0 Å². The summed E-state index contributed by atoms with van der Waals surface area (Å²) in [7, 11) is 4.90. The lowest BCUT2D eigenvalue weighted by Crippen LogP contribution is -2.41. The molecular weight excluding hydrogens is 342 g/mol. The molecule has 0 fully saturated rings. The smallest absolute Gasteiger partial charge is 0.230 e. The molecule has 0 aromatic heterocycles. The summed E-state index contributed by atoms with van der Waals surface area (Å²) in [5.74, 6) is 0.874.